The van der Waals surface area contributed by atoms with Crippen LogP contribution >= 0.6 is 46.0 Å². The number of unbranched alkanes of at least 4 members (excludes halogenated alkanes) is 1. The minimum absolute atomic E-state index is 0.0289. The third kappa shape index (κ3) is 28.9. The maximum atomic E-state index is 15.6. The molecule has 129 heavy (non-hydrogen) atoms. The van der Waals surface area contributed by atoms with E-state index < -0.39 is 192 Å². The van der Waals surface area contributed by atoms with Gasteiger partial charge >= 0.3 is 0 Å². The van der Waals surface area contributed by atoms with Gasteiger partial charge in [-0.1, -0.05) is 197 Å². The molecule has 33 nitrogen and oxygen atoms in total. The monoisotopic (exact) mass is 1920 g/mol. The van der Waals surface area contributed by atoms with Gasteiger partial charge in [0.15, 0.2) is 0 Å². The molecule has 15 N–H and O–H groups in total. The summed E-state index contributed by atoms with van der Waals surface area (Å²) in [5.74, 6) is -15.4. The van der Waals surface area contributed by atoms with Crippen LogP contribution in [0.4, 0.5) is 0 Å². The second kappa shape index (κ2) is 47.8. The van der Waals surface area contributed by atoms with Gasteiger partial charge < -0.3 is 93.7 Å². The van der Waals surface area contributed by atoms with Gasteiger partial charge in [0.1, 0.15) is 77.5 Å². The van der Waals surface area contributed by atoms with Crippen LogP contribution in [0.5, 0.6) is 11.5 Å². The highest BCUT2D eigenvalue weighted by molar-refractivity contribution is 14.1. The number of primary amides is 1. The van der Waals surface area contributed by atoms with Crippen LogP contribution < -0.4 is 58.9 Å². The number of nitrogens with one attached hydrogen (secondary N) is 11. The van der Waals surface area contributed by atoms with Crippen molar-refractivity contribution in [2.45, 2.75) is 177 Å². The van der Waals surface area contributed by atoms with Crippen molar-refractivity contribution >= 4 is 145 Å². The Balaban J connectivity index is 1.11. The fourth-order valence-corrected chi connectivity index (χ4v) is 17.2. The van der Waals surface area contributed by atoms with E-state index in [0.29, 0.717) is 61.6 Å². The van der Waals surface area contributed by atoms with Crippen LogP contribution in [0.1, 0.15) is 112 Å². The van der Waals surface area contributed by atoms with Gasteiger partial charge in [0.05, 0.1) is 25.4 Å². The Morgan fingerprint density at radius 3 is 1.69 bits per heavy atom. The lowest BCUT2D eigenvalue weighted by Crippen LogP contribution is -2.61. The van der Waals surface area contributed by atoms with Gasteiger partial charge in [-0.05, 0) is 113 Å². The van der Waals surface area contributed by atoms with Crippen molar-refractivity contribution in [2.24, 2.45) is 17.6 Å². The predicted octanol–water partition coefficient (Wildman–Crippen LogP) is 4.30. The van der Waals surface area contributed by atoms with Gasteiger partial charge in [-0.15, -0.1) is 11.8 Å². The molecule has 3 unspecified atom stereocenters. The Morgan fingerprint density at radius 1 is 0.543 bits per heavy atom. The average molecular weight is 1920 g/mol. The number of phenols is 2. The summed E-state index contributed by atoms with van der Waals surface area (Å²) in [5.41, 5.74) is 7.37. The molecule has 1 spiro atoms. The van der Waals surface area contributed by atoms with E-state index >= 15 is 43.2 Å². The molecule has 1 saturated carbocycles. The quantitative estimate of drug-likeness (QED) is 0.0332. The van der Waals surface area contributed by atoms with Gasteiger partial charge in [0, 0.05) is 98.5 Å². The molecule has 9 rings (SSSR count). The van der Waals surface area contributed by atoms with Crippen LogP contribution in [0.25, 0.3) is 10.9 Å². The lowest BCUT2D eigenvalue weighted by atomic mass is 9.99. The van der Waals surface area contributed by atoms with Gasteiger partial charge in [-0.2, -0.15) is 0 Å². The summed E-state index contributed by atoms with van der Waals surface area (Å²) in [6, 6.07) is 28.5. The van der Waals surface area contributed by atoms with Crippen molar-refractivity contribution in [1.29, 1.82) is 0 Å². The van der Waals surface area contributed by atoms with Gasteiger partial charge in [0.2, 0.25) is 88.6 Å². The number of hydrogen-bond acceptors (Lipinski definition) is 18. The number of halogens is 2. The van der Waals surface area contributed by atoms with Crippen LogP contribution in [-0.4, -0.2) is 253 Å². The van der Waals surface area contributed by atoms with E-state index in [4.69, 9.17) is 17.3 Å². The van der Waals surface area contributed by atoms with Crippen molar-refractivity contribution in [3.63, 3.8) is 0 Å². The SMILES string of the molecule is CCCC[C@H]1C(=O)N(C)CC(=O)N[C@@H](CCI)C(=O)N[C@@H](C(C)C)C(=O)NC(Cc2cccc(Cl)c2)C(=O)N[C@@H](Cc2ccc(O)cc2)C(=O)N(C)CC(=O)N[C@@H](Cc2c[nH]c3ccccc23)C(=O)NC2(CC2c2ccc(O)cc2)C(=O)N[C@@H](CC(C)C)C(=O)N[C@H](C(=O)NCC(N)=O)CSCC(=O)N[C@@H](Cc2ccccc2)C(=O)N(C)[C@@H](Cc2ccccc2)C(=O)N1C. The molecule has 1 aliphatic heterocycles. The highest BCUT2D eigenvalue weighted by Gasteiger charge is 2.63. The first-order chi connectivity index (χ1) is 61.4. The maximum Gasteiger partial charge on any atom is 0.247 e. The summed E-state index contributed by atoms with van der Waals surface area (Å²) >= 11 is 9.39. The third-order valence-corrected chi connectivity index (χ3v) is 24.6. The number of thioether (sulfide) groups is 1. The lowest BCUT2D eigenvalue weighted by molar-refractivity contribution is -0.151. The van der Waals surface area contributed by atoms with Gasteiger partial charge in [-0.3, -0.25) is 71.9 Å². The minimum Gasteiger partial charge on any atom is -0.508 e. The van der Waals surface area contributed by atoms with Crippen LogP contribution in [0.2, 0.25) is 5.02 Å². The van der Waals surface area contributed by atoms with Crippen molar-refractivity contribution in [1.82, 2.24) is 77.8 Å². The standard InChI is InChI=1S/C93H116ClIN16O17S/c1-10-11-29-75-90(126)109(7)51-78(115)99-68(38-39-95)83(119)106-81(55(4)5)87(123)102-70(44-59-25-20-26-62(94)41-59)85(121)103-72(43-58-30-34-63(112)35-31-58)88(124)108(6)50-79(116)100-71(46-61-48-97-67-28-19-18-27-65(61)67)86(122)107-93(47-66(93)60-32-36-64(113)37-33-60)92(128)105-69(40-54(2)3)84(120)104-74(82(118)98-49-77(96)114)52-129-53-80(117)101-73(42-56-21-14-12-15-22-56)89(125)111(9)76(91(127)110(75)8)45-57-23-16-13-17-24-57/h12-28,30-37,41,48,54-55,66,68-76,81,97,112-113H,10-11,29,38-40,42-47,49-53H2,1-9H3,(H2,96,114)(H,98,118)(H,99,115)(H,100,116)(H,101,117)(H,102,123)(H,103,121)(H,104,120)(H,105,128)(H,106,119)(H,107,122)/t66?,68-,69-,70?,71-,72-,73-,74-,75-,76-,81-,93?/m0/s1. The fourth-order valence-electron chi connectivity index (χ4n) is 15.5. The molecule has 2 aliphatic rings. The van der Waals surface area contributed by atoms with Crippen LogP contribution in [0.3, 0.4) is 0 Å². The molecule has 2 fully saturated rings. The highest BCUT2D eigenvalue weighted by atomic mass is 127. The number of likely N-dealkylation sites (N-methyl/N-ethyl adjacent to an activating group) is 4. The summed E-state index contributed by atoms with van der Waals surface area (Å²) in [4.78, 5) is 231. The minimum atomic E-state index is -1.91. The number of fused-ring (bicyclic) bond motifs is 1. The first-order valence-corrected chi connectivity index (χ1v) is 45.9. The number of aromatic amines is 1. The van der Waals surface area contributed by atoms with Gasteiger partial charge in [-0.25, -0.2) is 0 Å². The molecule has 15 amide bonds. The molecule has 12 atom stereocenters. The normalized spacial score (nSPS) is 23.4. The van der Waals surface area contributed by atoms with Crippen molar-refractivity contribution < 1.29 is 82.1 Å². The molecule has 2 heterocycles. The molecule has 0 bridgehead atoms. The predicted molar refractivity (Wildman–Crippen MR) is 496 cm³/mol. The fraction of sp³-hybridized carbons (Fsp3) is 0.430. The number of aromatic hydroxyl groups is 2. The first kappa shape index (κ1) is 101. The Kier molecular flexibility index (Phi) is 37.3. The number of hydrogen-bond donors (Lipinski definition) is 14. The molecule has 1 aromatic heterocycles. The van der Waals surface area contributed by atoms with Crippen molar-refractivity contribution in [2.75, 3.05) is 63.8 Å². The van der Waals surface area contributed by atoms with E-state index in [1.807, 2.05) is 29.5 Å². The number of H-pyrrole nitrogens is 1. The van der Waals surface area contributed by atoms with Crippen LogP contribution in [-0.2, 0) is 104 Å². The largest absolute Gasteiger partial charge is 0.508 e. The number of nitrogens with zero attached hydrogens (tertiary/aromatic N) is 4. The molecular formula is C93H116ClIN16O17S. The Morgan fingerprint density at radius 2 is 1.08 bits per heavy atom. The van der Waals surface area contributed by atoms with E-state index in [1.54, 1.807) is 155 Å². The number of para-hydroxylation sites is 1. The molecule has 1 aliphatic carbocycles. The Bertz CT molecular complexity index is 5130. The smallest absolute Gasteiger partial charge is 0.247 e. The maximum absolute atomic E-state index is 15.6. The summed E-state index contributed by atoms with van der Waals surface area (Å²) in [6.07, 6.45) is 1.69. The summed E-state index contributed by atoms with van der Waals surface area (Å²) in [6.45, 7) is 6.64. The first-order valence-electron chi connectivity index (χ1n) is 42.9. The molecule has 690 valence electrons. The molecule has 7 aromatic rings. The van der Waals surface area contributed by atoms with Gasteiger partial charge in [0.25, 0.3) is 0 Å². The number of benzene rings is 6. The van der Waals surface area contributed by atoms with E-state index in [0.717, 1.165) is 21.6 Å². The number of carbonyl (C=O) groups is 15. The van der Waals surface area contributed by atoms with E-state index in [9.17, 15) is 39.0 Å². The second-order valence-corrected chi connectivity index (χ2v) is 36.1. The summed E-state index contributed by atoms with van der Waals surface area (Å²) < 4.78 is 0.306. The molecule has 1 saturated heterocycles. The second-order valence-electron chi connectivity index (χ2n) is 33.5. The molecular weight excluding hydrogens is 1810 g/mol. The van der Waals surface area contributed by atoms with Crippen LogP contribution in [0, 0.1) is 11.8 Å². The zero-order valence-corrected chi connectivity index (χ0v) is 77.4. The molecule has 36 heteroatoms. The highest BCUT2D eigenvalue weighted by Crippen LogP contribution is 2.52. The molecule has 6 aromatic carbocycles. The topological polar surface area (TPSA) is 472 Å². The zero-order valence-electron chi connectivity index (χ0n) is 73.7. The number of rotatable bonds is 22. The number of nitrogens with two attached hydrogens (primary N) is 1. The van der Waals surface area contributed by atoms with Crippen LogP contribution in [0.15, 0.2) is 164 Å². The number of aromatic nitrogens is 1. The number of alkyl halides is 1. The molecule has 0 radical (unpaired) electrons. The van der Waals surface area contributed by atoms with Crippen molar-refractivity contribution in [3.8, 4) is 11.5 Å². The zero-order chi connectivity index (χ0) is 93.9. The number of phenolic OH excluding ortho intramolecular Hbond substituents is 2. The average Bonchev–Trinajstić information content (AvgIpc) is 1.56. The van der Waals surface area contributed by atoms with Crippen molar-refractivity contribution in [3.05, 3.63) is 202 Å². The summed E-state index contributed by atoms with van der Waals surface area (Å²) in [7, 11) is 5.48. The van der Waals surface area contributed by atoms with E-state index in [2.05, 4.69) is 58.2 Å². The third-order valence-electron chi connectivity index (χ3n) is 22.7. The number of amides is 15. The number of carbonyl (C=O) groups excluding carboxylic acids is 15. The Hall–Kier alpha value is -12.1. The summed E-state index contributed by atoms with van der Waals surface area (Å²) in [5, 5.41) is 49.4. The van der Waals surface area contributed by atoms with E-state index in [-0.39, 0.29) is 86.0 Å². The Labute approximate surface area is 772 Å². The van der Waals surface area contributed by atoms with E-state index in [1.165, 1.54) is 74.4 Å². The lowest BCUT2D eigenvalue weighted by Gasteiger charge is -2.37.